The first-order chi connectivity index (χ1) is 20.3. The number of rotatable bonds is 6. The van der Waals surface area contributed by atoms with Gasteiger partial charge in [-0.15, -0.1) is 0 Å². The number of ketones is 1. The molecule has 4 rings (SSSR count). The van der Waals surface area contributed by atoms with Gasteiger partial charge in [0, 0.05) is 37.1 Å². The summed E-state index contributed by atoms with van der Waals surface area (Å²) in [6.07, 6.45) is 3.12. The van der Waals surface area contributed by atoms with Crippen molar-refractivity contribution in [1.82, 2.24) is 15.4 Å². The Morgan fingerprint density at radius 3 is 1.88 bits per heavy atom. The molecule has 1 heterocycles. The van der Waals surface area contributed by atoms with E-state index >= 15 is 0 Å². The highest BCUT2D eigenvalue weighted by atomic mass is 35.5. The van der Waals surface area contributed by atoms with Gasteiger partial charge >= 0.3 is 0 Å². The van der Waals surface area contributed by atoms with Crippen LogP contribution in [0.1, 0.15) is 59.2 Å². The van der Waals surface area contributed by atoms with Gasteiger partial charge in [-0.05, 0) is 69.0 Å². The second-order valence-corrected chi connectivity index (χ2v) is 11.2. The molecule has 1 aliphatic rings. The molecule has 43 heavy (non-hydrogen) atoms. The summed E-state index contributed by atoms with van der Waals surface area (Å²) in [6.45, 7) is 9.29. The van der Waals surface area contributed by atoms with Gasteiger partial charge < -0.3 is 4.90 Å². The van der Waals surface area contributed by atoms with E-state index in [0.717, 1.165) is 34.4 Å². The number of anilines is 2. The molecule has 3 aromatic rings. The van der Waals surface area contributed by atoms with Crippen molar-refractivity contribution in [2.45, 2.75) is 66.7 Å². The number of hydrazine groups is 1. The molecule has 0 saturated heterocycles. The van der Waals surface area contributed by atoms with Crippen LogP contribution in [0.3, 0.4) is 0 Å². The maximum Gasteiger partial charge on any atom is 0.280 e. The number of fused-ring (bicyclic) bond motifs is 1. The fourth-order valence-electron chi connectivity index (χ4n) is 4.53. The van der Waals surface area contributed by atoms with Crippen LogP contribution in [0.5, 0.6) is 0 Å². The van der Waals surface area contributed by atoms with Crippen LogP contribution in [-0.2, 0) is 4.79 Å². The average Bonchev–Trinajstić information content (AvgIpc) is 2.98. The third-order valence-electron chi connectivity index (χ3n) is 7.09. The SMILES string of the molecule is CC1CCC(C)CC1.CF.CNN(/C(=C(\C)C(C)=O)C(F)F)c1ccc(Cl)cc1.Cc1nc(N(C)C)c2ccccc2n1. The number of allylic oxidation sites excluding steroid dienone is 2. The first-order valence-corrected chi connectivity index (χ1v) is 14.7. The topological polar surface area (TPSA) is 61.4 Å². The lowest BCUT2D eigenvalue weighted by Gasteiger charge is -2.27. The number of alkyl halides is 3. The molecule has 1 fully saturated rings. The number of aryl methyl sites for hydroxylation is 1. The molecule has 0 spiro atoms. The van der Waals surface area contributed by atoms with E-state index in [4.69, 9.17) is 11.6 Å². The molecule has 1 aliphatic carbocycles. The van der Waals surface area contributed by atoms with E-state index in [1.165, 1.54) is 51.6 Å². The molecule has 0 aliphatic heterocycles. The number of carbonyl (C=O) groups excluding carboxylic acids is 1. The fraction of sp³-hybridized carbons (Fsp3) is 0.485. The van der Waals surface area contributed by atoms with E-state index in [1.54, 1.807) is 24.3 Å². The predicted molar refractivity (Wildman–Crippen MR) is 175 cm³/mol. The largest absolute Gasteiger partial charge is 0.362 e. The fourth-order valence-corrected chi connectivity index (χ4v) is 4.65. The number of hydrogen-bond acceptors (Lipinski definition) is 6. The van der Waals surface area contributed by atoms with E-state index in [2.05, 4.69) is 29.2 Å². The Hall–Kier alpha value is -3.17. The van der Waals surface area contributed by atoms with Gasteiger partial charge in [0.15, 0.2) is 5.78 Å². The van der Waals surface area contributed by atoms with Crippen molar-refractivity contribution in [3.63, 3.8) is 0 Å². The minimum atomic E-state index is -2.77. The van der Waals surface area contributed by atoms with Crippen molar-refractivity contribution in [2.24, 2.45) is 11.8 Å². The highest BCUT2D eigenvalue weighted by Crippen LogP contribution is 2.27. The van der Waals surface area contributed by atoms with Crippen molar-refractivity contribution in [3.05, 3.63) is 70.6 Å². The monoisotopic (exact) mass is 621 g/mol. The molecule has 10 heteroatoms. The van der Waals surface area contributed by atoms with Crippen molar-refractivity contribution in [3.8, 4) is 0 Å². The van der Waals surface area contributed by atoms with E-state index in [-0.39, 0.29) is 11.3 Å². The van der Waals surface area contributed by atoms with Crippen LogP contribution in [0.15, 0.2) is 59.8 Å². The number of Topliss-reactive ketones (excluding diaryl/α,β-unsaturated/α-hetero) is 1. The molecule has 0 radical (unpaired) electrons. The molecule has 1 saturated carbocycles. The Morgan fingerprint density at radius 2 is 1.44 bits per heavy atom. The van der Waals surface area contributed by atoms with Crippen LogP contribution in [-0.4, -0.2) is 50.5 Å². The van der Waals surface area contributed by atoms with Gasteiger partial charge in [-0.25, -0.2) is 24.2 Å². The lowest BCUT2D eigenvalue weighted by molar-refractivity contribution is -0.113. The molecule has 1 N–H and O–H groups in total. The standard InChI is InChI=1S/C13H15ClF2N2O.C11H13N3.C8H16.CH3F/c1-8(9(2)19)12(13(15)16)18(17-3)11-6-4-10(14)5-7-11;1-8-12-10-7-5-4-6-9(10)11(13-8)14(2)3;1-7-3-5-8(2)6-4-7;1-2/h4-7,13,17H,1-3H3;4-7H,1-3H3;7-8H,3-6H2,1-2H3;1H3/b12-8+;;;. The maximum atomic E-state index is 13.2. The number of nitrogens with zero attached hydrogens (tertiary/aromatic N) is 4. The summed E-state index contributed by atoms with van der Waals surface area (Å²) in [4.78, 5) is 22.1. The van der Waals surface area contributed by atoms with Crippen LogP contribution >= 0.6 is 11.6 Å². The van der Waals surface area contributed by atoms with Gasteiger partial charge in [0.2, 0.25) is 0 Å². The molecule has 1 aromatic heterocycles. The summed E-state index contributed by atoms with van der Waals surface area (Å²) >= 11 is 5.76. The highest BCUT2D eigenvalue weighted by Gasteiger charge is 2.24. The quantitative estimate of drug-likeness (QED) is 0.219. The molecule has 0 atom stereocenters. The second kappa shape index (κ2) is 19.2. The van der Waals surface area contributed by atoms with Gasteiger partial charge in [0.05, 0.1) is 18.4 Å². The normalized spacial score (nSPS) is 16.4. The Kier molecular flexibility index (Phi) is 16.9. The minimum absolute atomic E-state index is 0.0132. The third-order valence-corrected chi connectivity index (χ3v) is 7.34. The Labute approximate surface area is 260 Å². The number of hydrogen-bond donors (Lipinski definition) is 1. The van der Waals surface area contributed by atoms with Gasteiger partial charge in [-0.1, -0.05) is 63.3 Å². The van der Waals surface area contributed by atoms with Crippen molar-refractivity contribution in [1.29, 1.82) is 0 Å². The lowest BCUT2D eigenvalue weighted by atomic mass is 9.84. The molecule has 6 nitrogen and oxygen atoms in total. The minimum Gasteiger partial charge on any atom is -0.362 e. The van der Waals surface area contributed by atoms with Crippen molar-refractivity contribution in [2.75, 3.05) is 38.2 Å². The maximum absolute atomic E-state index is 13.2. The Morgan fingerprint density at radius 1 is 0.930 bits per heavy atom. The molecular weight excluding hydrogens is 575 g/mol. The number of benzene rings is 2. The Balaban J connectivity index is 0.000000336. The van der Waals surface area contributed by atoms with Gasteiger partial charge in [-0.3, -0.25) is 14.2 Å². The summed E-state index contributed by atoms with van der Waals surface area (Å²) in [5.41, 5.74) is 3.78. The third kappa shape index (κ3) is 12.2. The number of para-hydroxylation sites is 1. The summed E-state index contributed by atoms with van der Waals surface area (Å²) in [6, 6.07) is 14.4. The zero-order valence-electron chi connectivity index (χ0n) is 26.9. The molecule has 2 aromatic carbocycles. The van der Waals surface area contributed by atoms with E-state index < -0.39 is 12.2 Å². The van der Waals surface area contributed by atoms with Crippen LogP contribution in [0, 0.1) is 18.8 Å². The van der Waals surface area contributed by atoms with E-state index in [0.29, 0.717) is 17.9 Å². The first-order valence-electron chi connectivity index (χ1n) is 14.4. The number of halogens is 4. The van der Waals surface area contributed by atoms with Crippen LogP contribution < -0.4 is 15.3 Å². The van der Waals surface area contributed by atoms with Crippen LogP contribution in [0.2, 0.25) is 5.02 Å². The molecule has 0 amide bonds. The first kappa shape index (κ1) is 37.9. The van der Waals surface area contributed by atoms with Crippen LogP contribution in [0.4, 0.5) is 24.7 Å². The number of aromatic nitrogens is 2. The number of nitrogens with one attached hydrogen (secondary N) is 1. The van der Waals surface area contributed by atoms with Gasteiger partial charge in [0.25, 0.3) is 6.43 Å². The van der Waals surface area contributed by atoms with Crippen molar-refractivity contribution >= 4 is 39.8 Å². The molecule has 0 bridgehead atoms. The predicted octanol–water partition coefficient (Wildman–Crippen LogP) is 8.83. The van der Waals surface area contributed by atoms with Gasteiger partial charge in [0.1, 0.15) is 17.3 Å². The van der Waals surface area contributed by atoms with E-state index in [9.17, 15) is 18.0 Å². The lowest BCUT2D eigenvalue weighted by Crippen LogP contribution is -2.38. The van der Waals surface area contributed by atoms with Crippen LogP contribution in [0.25, 0.3) is 10.9 Å². The van der Waals surface area contributed by atoms with Gasteiger partial charge in [-0.2, -0.15) is 0 Å². The molecular formula is C33H47ClF3N5O. The second-order valence-electron chi connectivity index (χ2n) is 10.8. The number of carbonyl (C=O) groups is 1. The molecule has 0 unspecified atom stereocenters. The summed E-state index contributed by atoms with van der Waals surface area (Å²) in [5.74, 6) is 3.43. The summed E-state index contributed by atoms with van der Waals surface area (Å²) < 4.78 is 35.9. The summed E-state index contributed by atoms with van der Waals surface area (Å²) in [5, 5.41) is 2.78. The smallest absolute Gasteiger partial charge is 0.280 e. The summed E-state index contributed by atoms with van der Waals surface area (Å²) in [7, 11) is 5.99. The zero-order valence-corrected chi connectivity index (χ0v) is 27.6. The highest BCUT2D eigenvalue weighted by molar-refractivity contribution is 6.30. The zero-order chi connectivity index (χ0) is 32.7. The Bertz CT molecular complexity index is 1280. The average molecular weight is 622 g/mol. The van der Waals surface area contributed by atoms with E-state index in [1.807, 2.05) is 50.2 Å². The van der Waals surface area contributed by atoms with Crippen molar-refractivity contribution < 1.29 is 18.0 Å². The molecule has 238 valence electrons.